The van der Waals surface area contributed by atoms with Gasteiger partial charge in [0.15, 0.2) is 0 Å². The van der Waals surface area contributed by atoms with Crippen molar-refractivity contribution in [1.29, 1.82) is 5.26 Å². The van der Waals surface area contributed by atoms with Gasteiger partial charge in [-0.2, -0.15) is 5.26 Å². The second-order valence-electron chi connectivity index (χ2n) is 9.85. The lowest BCUT2D eigenvalue weighted by Crippen LogP contribution is -2.30. The molecule has 1 aliphatic rings. The van der Waals surface area contributed by atoms with Gasteiger partial charge in [0.1, 0.15) is 0 Å². The Kier molecular flexibility index (Phi) is 7.42. The third kappa shape index (κ3) is 5.68. The molecule has 0 aliphatic carbocycles. The highest BCUT2D eigenvalue weighted by molar-refractivity contribution is 5.96. The Hall–Kier alpha value is -4.89. The predicted octanol–water partition coefficient (Wildman–Crippen LogP) is 6.37. The van der Waals surface area contributed by atoms with E-state index in [2.05, 4.69) is 28.4 Å². The molecule has 194 valence electrons. The van der Waals surface area contributed by atoms with Crippen molar-refractivity contribution >= 4 is 17.6 Å². The summed E-state index contributed by atoms with van der Waals surface area (Å²) in [7, 11) is 0. The average Bonchev–Trinajstić information content (AvgIpc) is 2.97. The van der Waals surface area contributed by atoms with Crippen LogP contribution in [0.2, 0.25) is 0 Å². The number of carbonyl (C=O) groups is 2. The van der Waals surface area contributed by atoms with Crippen LogP contribution in [0, 0.1) is 11.3 Å². The van der Waals surface area contributed by atoms with Crippen LogP contribution in [0.4, 0.5) is 5.69 Å². The van der Waals surface area contributed by atoms with Crippen molar-refractivity contribution in [3.63, 3.8) is 0 Å². The SMILES string of the molecule is C[C@H](NC(=O)c1ccc2c(c1)CCCN2Cc1ccc(-c2ccccc2C(=O)O)cc1)c1ccc(C#N)cc1. The Balaban J connectivity index is 1.28. The zero-order valence-electron chi connectivity index (χ0n) is 21.7. The molecule has 5 rings (SSSR count). The molecule has 0 saturated heterocycles. The zero-order valence-corrected chi connectivity index (χ0v) is 21.7. The summed E-state index contributed by atoms with van der Waals surface area (Å²) < 4.78 is 0. The van der Waals surface area contributed by atoms with Gasteiger partial charge in [0.2, 0.25) is 0 Å². The normalized spacial score (nSPS) is 13.2. The van der Waals surface area contributed by atoms with Crippen molar-refractivity contribution in [3.8, 4) is 17.2 Å². The molecular formula is C33H29N3O3. The summed E-state index contributed by atoms with van der Waals surface area (Å²) in [5.41, 5.74) is 7.49. The molecule has 0 fully saturated rings. The van der Waals surface area contributed by atoms with Gasteiger partial charge in [-0.05, 0) is 84.0 Å². The highest BCUT2D eigenvalue weighted by Gasteiger charge is 2.20. The summed E-state index contributed by atoms with van der Waals surface area (Å²) in [5.74, 6) is -1.06. The first kappa shape index (κ1) is 25.7. The molecule has 0 bridgehead atoms. The summed E-state index contributed by atoms with van der Waals surface area (Å²) in [6, 6.07) is 30.2. The van der Waals surface area contributed by atoms with E-state index in [9.17, 15) is 14.7 Å². The molecule has 1 aliphatic heterocycles. The minimum absolute atomic E-state index is 0.121. The molecule has 0 radical (unpaired) electrons. The van der Waals surface area contributed by atoms with Gasteiger partial charge >= 0.3 is 5.97 Å². The second-order valence-corrected chi connectivity index (χ2v) is 9.85. The van der Waals surface area contributed by atoms with Gasteiger partial charge in [0, 0.05) is 24.3 Å². The van der Waals surface area contributed by atoms with Crippen LogP contribution in [-0.4, -0.2) is 23.5 Å². The number of nitrogens with zero attached hydrogens (tertiary/aromatic N) is 2. The lowest BCUT2D eigenvalue weighted by Gasteiger charge is -2.32. The monoisotopic (exact) mass is 515 g/mol. The van der Waals surface area contributed by atoms with E-state index in [1.807, 2.05) is 61.5 Å². The van der Waals surface area contributed by atoms with E-state index < -0.39 is 5.97 Å². The minimum Gasteiger partial charge on any atom is -0.478 e. The Morgan fingerprint density at radius 1 is 1.00 bits per heavy atom. The van der Waals surface area contributed by atoms with E-state index in [1.165, 1.54) is 0 Å². The Bertz CT molecular complexity index is 1550. The molecule has 39 heavy (non-hydrogen) atoms. The number of anilines is 1. The number of nitrogens with one attached hydrogen (secondary N) is 1. The number of carboxylic acid groups (broad SMARTS) is 1. The number of rotatable bonds is 7. The van der Waals surface area contributed by atoms with Gasteiger partial charge in [-0.25, -0.2) is 4.79 Å². The lowest BCUT2D eigenvalue weighted by atomic mass is 9.97. The van der Waals surface area contributed by atoms with E-state index in [1.54, 1.807) is 24.3 Å². The molecule has 4 aromatic rings. The highest BCUT2D eigenvalue weighted by Crippen LogP contribution is 2.31. The van der Waals surface area contributed by atoms with Crippen molar-refractivity contribution in [2.24, 2.45) is 0 Å². The molecule has 6 heteroatoms. The molecule has 1 atom stereocenters. The second kappa shape index (κ2) is 11.2. The maximum atomic E-state index is 13.0. The number of nitriles is 1. The van der Waals surface area contributed by atoms with Crippen molar-refractivity contribution in [1.82, 2.24) is 5.32 Å². The summed E-state index contributed by atoms with van der Waals surface area (Å²) in [6.07, 6.45) is 1.92. The largest absolute Gasteiger partial charge is 0.478 e. The van der Waals surface area contributed by atoms with Gasteiger partial charge in [0.05, 0.1) is 23.2 Å². The van der Waals surface area contributed by atoms with E-state index >= 15 is 0 Å². The number of benzene rings is 4. The number of hydrogen-bond acceptors (Lipinski definition) is 4. The lowest BCUT2D eigenvalue weighted by molar-refractivity contribution is 0.0697. The summed E-state index contributed by atoms with van der Waals surface area (Å²) >= 11 is 0. The van der Waals surface area contributed by atoms with Crippen molar-refractivity contribution in [3.05, 3.63) is 124 Å². The number of aryl methyl sites for hydroxylation is 1. The van der Waals surface area contributed by atoms with Crippen LogP contribution in [0.3, 0.4) is 0 Å². The number of carbonyl (C=O) groups excluding carboxylic acids is 1. The Morgan fingerprint density at radius 3 is 2.46 bits per heavy atom. The molecule has 1 amide bonds. The third-order valence-electron chi connectivity index (χ3n) is 7.24. The Labute approximate surface area is 228 Å². The molecule has 0 saturated carbocycles. The molecule has 4 aromatic carbocycles. The molecule has 1 heterocycles. The fourth-order valence-corrected chi connectivity index (χ4v) is 5.12. The van der Waals surface area contributed by atoms with Gasteiger partial charge < -0.3 is 15.3 Å². The minimum atomic E-state index is -0.934. The highest BCUT2D eigenvalue weighted by atomic mass is 16.4. The number of amides is 1. The summed E-state index contributed by atoms with van der Waals surface area (Å²) in [4.78, 5) is 26.9. The molecular weight excluding hydrogens is 486 g/mol. The predicted molar refractivity (Wildman–Crippen MR) is 152 cm³/mol. The van der Waals surface area contributed by atoms with E-state index in [0.29, 0.717) is 22.3 Å². The quantitative estimate of drug-likeness (QED) is 0.298. The topological polar surface area (TPSA) is 93.4 Å². The van der Waals surface area contributed by atoms with Crippen LogP contribution in [0.25, 0.3) is 11.1 Å². The first-order valence-electron chi connectivity index (χ1n) is 13.0. The maximum Gasteiger partial charge on any atom is 0.336 e. The van der Waals surface area contributed by atoms with Crippen LogP contribution >= 0.6 is 0 Å². The molecule has 0 aromatic heterocycles. The van der Waals surface area contributed by atoms with Gasteiger partial charge in [0.25, 0.3) is 5.91 Å². The van der Waals surface area contributed by atoms with Crippen LogP contribution in [0.5, 0.6) is 0 Å². The van der Waals surface area contributed by atoms with E-state index in [0.717, 1.165) is 53.9 Å². The molecule has 6 nitrogen and oxygen atoms in total. The summed E-state index contributed by atoms with van der Waals surface area (Å²) in [6.45, 7) is 3.60. The fraction of sp³-hybridized carbons (Fsp3) is 0.182. The standard InChI is InChI=1S/C33H29N3O3/c1-22(25-12-8-23(20-34)9-13-25)35-32(37)28-16-17-31-27(19-28)5-4-18-36(31)21-24-10-14-26(15-11-24)29-6-2-3-7-30(29)33(38)39/h2-3,6-17,19,22H,4-5,18,21H2,1H3,(H,35,37)(H,38,39)/t22-/m0/s1. The van der Waals surface area contributed by atoms with E-state index in [-0.39, 0.29) is 11.9 Å². The van der Waals surface area contributed by atoms with Crippen LogP contribution in [0.15, 0.2) is 91.0 Å². The van der Waals surface area contributed by atoms with Gasteiger partial charge in [-0.1, -0.05) is 54.6 Å². The van der Waals surface area contributed by atoms with Crippen LogP contribution in [-0.2, 0) is 13.0 Å². The fourth-order valence-electron chi connectivity index (χ4n) is 5.12. The number of aromatic carboxylic acids is 1. The van der Waals surface area contributed by atoms with Crippen LogP contribution in [0.1, 0.15) is 62.4 Å². The number of carboxylic acids is 1. The smallest absolute Gasteiger partial charge is 0.336 e. The average molecular weight is 516 g/mol. The molecule has 2 N–H and O–H groups in total. The third-order valence-corrected chi connectivity index (χ3v) is 7.24. The molecule has 0 unspecified atom stereocenters. The first-order chi connectivity index (χ1) is 18.9. The van der Waals surface area contributed by atoms with Crippen LogP contribution < -0.4 is 10.2 Å². The number of hydrogen-bond donors (Lipinski definition) is 2. The number of fused-ring (bicyclic) bond motifs is 1. The van der Waals surface area contributed by atoms with Gasteiger partial charge in [-0.3, -0.25) is 4.79 Å². The zero-order chi connectivity index (χ0) is 27.4. The van der Waals surface area contributed by atoms with Crippen molar-refractivity contribution in [2.75, 3.05) is 11.4 Å². The maximum absolute atomic E-state index is 13.0. The van der Waals surface area contributed by atoms with Gasteiger partial charge in [-0.15, -0.1) is 0 Å². The van der Waals surface area contributed by atoms with Crippen molar-refractivity contribution < 1.29 is 14.7 Å². The summed E-state index contributed by atoms with van der Waals surface area (Å²) in [5, 5.41) is 21.6. The first-order valence-corrected chi connectivity index (χ1v) is 13.0. The Morgan fingerprint density at radius 2 is 1.74 bits per heavy atom. The molecule has 0 spiro atoms. The van der Waals surface area contributed by atoms with Crippen molar-refractivity contribution in [2.45, 2.75) is 32.4 Å². The van der Waals surface area contributed by atoms with E-state index in [4.69, 9.17) is 5.26 Å².